The summed E-state index contributed by atoms with van der Waals surface area (Å²) in [5.74, 6) is 1.23. The number of anilines is 2. The lowest BCUT2D eigenvalue weighted by atomic mass is 9.74. The largest absolute Gasteiger partial charge is 0.381 e. The van der Waals surface area contributed by atoms with E-state index in [9.17, 15) is 0 Å². The molecular formula is C25H28ClN7O2S2. The topological polar surface area (TPSA) is 97.3 Å². The molecule has 2 aliphatic heterocycles. The molecule has 2 aromatic heterocycles. The van der Waals surface area contributed by atoms with Crippen molar-refractivity contribution in [2.24, 2.45) is 0 Å². The maximum atomic E-state index is 6.32. The van der Waals surface area contributed by atoms with Crippen LogP contribution in [-0.2, 0) is 14.9 Å². The molecule has 0 aliphatic carbocycles. The van der Waals surface area contributed by atoms with E-state index in [4.69, 9.17) is 38.3 Å². The molecule has 12 heteroatoms. The summed E-state index contributed by atoms with van der Waals surface area (Å²) in [6.45, 7) is 4.87. The third-order valence-corrected chi connectivity index (χ3v) is 7.75. The van der Waals surface area contributed by atoms with Crippen LogP contribution in [0.25, 0.3) is 0 Å². The Hall–Kier alpha value is -2.57. The molecule has 4 heterocycles. The minimum absolute atomic E-state index is 0.128. The van der Waals surface area contributed by atoms with Crippen molar-refractivity contribution in [3.8, 4) is 0 Å². The van der Waals surface area contributed by atoms with E-state index < -0.39 is 0 Å². The highest BCUT2D eigenvalue weighted by molar-refractivity contribution is 7.99. The highest BCUT2D eigenvalue weighted by atomic mass is 35.5. The van der Waals surface area contributed by atoms with E-state index in [0.717, 1.165) is 41.8 Å². The number of ether oxygens (including phenoxy) is 2. The van der Waals surface area contributed by atoms with Crippen LogP contribution in [-0.4, -0.2) is 71.1 Å². The van der Waals surface area contributed by atoms with Gasteiger partial charge >= 0.3 is 0 Å². The molecule has 2 aliphatic rings. The molecule has 0 saturated carbocycles. The summed E-state index contributed by atoms with van der Waals surface area (Å²) >= 11 is 13.4. The van der Waals surface area contributed by atoms with Gasteiger partial charge in [-0.25, -0.2) is 15.0 Å². The van der Waals surface area contributed by atoms with Gasteiger partial charge in [-0.15, -0.1) is 0 Å². The van der Waals surface area contributed by atoms with Gasteiger partial charge in [-0.05, 0) is 60.6 Å². The molecule has 3 aromatic rings. The molecule has 0 bridgehead atoms. The summed E-state index contributed by atoms with van der Waals surface area (Å²) in [6.07, 6.45) is 5.18. The van der Waals surface area contributed by atoms with Crippen LogP contribution in [0.2, 0.25) is 5.02 Å². The van der Waals surface area contributed by atoms with Crippen LogP contribution in [0, 0.1) is 0 Å². The van der Waals surface area contributed by atoms with E-state index in [1.807, 2.05) is 24.3 Å². The third-order valence-electron chi connectivity index (χ3n) is 6.46. The normalized spacial score (nSPS) is 17.3. The number of nitrogens with one attached hydrogen (secondary N) is 2. The van der Waals surface area contributed by atoms with Gasteiger partial charge in [-0.3, -0.25) is 0 Å². The van der Waals surface area contributed by atoms with Crippen LogP contribution < -0.4 is 15.5 Å². The first-order chi connectivity index (χ1) is 18.1. The van der Waals surface area contributed by atoms with Crippen molar-refractivity contribution in [3.63, 3.8) is 0 Å². The van der Waals surface area contributed by atoms with Gasteiger partial charge in [0.2, 0.25) is 5.95 Å². The summed E-state index contributed by atoms with van der Waals surface area (Å²) in [5, 5.41) is 9.13. The zero-order valence-corrected chi connectivity index (χ0v) is 22.6. The number of rotatable bonds is 7. The molecule has 2 saturated heterocycles. The molecule has 194 valence electrons. The van der Waals surface area contributed by atoms with E-state index in [2.05, 4.69) is 36.6 Å². The number of nitrogens with zero attached hydrogens (tertiary/aromatic N) is 5. The Morgan fingerprint density at radius 3 is 2.54 bits per heavy atom. The van der Waals surface area contributed by atoms with E-state index in [1.165, 1.54) is 17.3 Å². The van der Waals surface area contributed by atoms with E-state index in [1.54, 1.807) is 18.5 Å². The molecule has 9 nitrogen and oxygen atoms in total. The molecule has 2 fully saturated rings. The zero-order valence-electron chi connectivity index (χ0n) is 20.2. The van der Waals surface area contributed by atoms with Crippen molar-refractivity contribution >= 4 is 52.5 Å². The highest BCUT2D eigenvalue weighted by Crippen LogP contribution is 2.35. The first kappa shape index (κ1) is 26.1. The second-order valence-electron chi connectivity index (χ2n) is 8.83. The quantitative estimate of drug-likeness (QED) is 0.251. The van der Waals surface area contributed by atoms with Crippen LogP contribution >= 0.6 is 35.6 Å². The minimum atomic E-state index is -0.128. The molecule has 37 heavy (non-hydrogen) atoms. The number of thiocarbonyl (C=S) groups is 1. The highest BCUT2D eigenvalue weighted by Gasteiger charge is 2.34. The van der Waals surface area contributed by atoms with Crippen LogP contribution in [0.3, 0.4) is 0 Å². The maximum Gasteiger partial charge on any atom is 0.232 e. The summed E-state index contributed by atoms with van der Waals surface area (Å²) in [7, 11) is 0. The lowest BCUT2D eigenvalue weighted by molar-refractivity contribution is 0.0515. The Morgan fingerprint density at radius 2 is 1.78 bits per heavy atom. The van der Waals surface area contributed by atoms with Crippen molar-refractivity contribution in [2.45, 2.75) is 28.4 Å². The predicted octanol–water partition coefficient (Wildman–Crippen LogP) is 3.94. The summed E-state index contributed by atoms with van der Waals surface area (Å²) in [5.41, 5.74) is 1.06. The first-order valence-corrected chi connectivity index (χ1v) is 13.8. The predicted molar refractivity (Wildman–Crippen MR) is 149 cm³/mol. The lowest BCUT2D eigenvalue weighted by Crippen LogP contribution is -2.45. The average Bonchev–Trinajstić information content (AvgIpc) is 2.93. The smallest absolute Gasteiger partial charge is 0.232 e. The SMILES string of the molecule is S=C(NCC1(c2cccc(Cl)c2)CCOCC1)Nc1nc(Sc2ncccn2)cc(N2CCOCC2)n1. The second-order valence-corrected chi connectivity index (χ2v) is 10.7. The zero-order chi connectivity index (χ0) is 25.5. The molecule has 0 amide bonds. The Labute approximate surface area is 230 Å². The fourth-order valence-corrected chi connectivity index (χ4v) is 5.51. The molecule has 0 atom stereocenters. The van der Waals surface area contributed by atoms with E-state index in [0.29, 0.717) is 49.2 Å². The van der Waals surface area contributed by atoms with Crippen LogP contribution in [0.1, 0.15) is 18.4 Å². The van der Waals surface area contributed by atoms with Gasteiger partial charge in [0.05, 0.1) is 13.2 Å². The second kappa shape index (κ2) is 12.3. The Bertz CT molecular complexity index is 1210. The van der Waals surface area contributed by atoms with Crippen molar-refractivity contribution in [1.29, 1.82) is 0 Å². The summed E-state index contributed by atoms with van der Waals surface area (Å²) in [4.78, 5) is 20.2. The van der Waals surface area contributed by atoms with Crippen molar-refractivity contribution in [3.05, 3.63) is 59.4 Å². The van der Waals surface area contributed by atoms with Crippen LogP contribution in [0.5, 0.6) is 0 Å². The van der Waals surface area contributed by atoms with Gasteiger partial charge in [0, 0.05) is 61.7 Å². The van der Waals surface area contributed by atoms with Gasteiger partial charge in [0.25, 0.3) is 0 Å². The number of halogens is 1. The molecule has 1 aromatic carbocycles. The maximum absolute atomic E-state index is 6.32. The van der Waals surface area contributed by atoms with Crippen molar-refractivity contribution < 1.29 is 9.47 Å². The van der Waals surface area contributed by atoms with Crippen molar-refractivity contribution in [2.75, 3.05) is 56.3 Å². The monoisotopic (exact) mass is 557 g/mol. The number of hydrogen-bond acceptors (Lipinski definition) is 9. The number of aromatic nitrogens is 4. The minimum Gasteiger partial charge on any atom is -0.381 e. The van der Waals surface area contributed by atoms with Gasteiger partial charge in [-0.2, -0.15) is 4.98 Å². The Kier molecular flexibility index (Phi) is 8.67. The van der Waals surface area contributed by atoms with Gasteiger partial charge in [0.15, 0.2) is 10.3 Å². The lowest BCUT2D eigenvalue weighted by Gasteiger charge is -2.38. The Morgan fingerprint density at radius 1 is 1.03 bits per heavy atom. The van der Waals surface area contributed by atoms with Crippen LogP contribution in [0.4, 0.5) is 11.8 Å². The third kappa shape index (κ3) is 6.85. The molecule has 0 spiro atoms. The molecule has 2 N–H and O–H groups in total. The molecular weight excluding hydrogens is 530 g/mol. The summed E-state index contributed by atoms with van der Waals surface area (Å²) in [6, 6.07) is 11.8. The molecule has 5 rings (SSSR count). The van der Waals surface area contributed by atoms with Gasteiger partial charge in [0.1, 0.15) is 10.8 Å². The molecule has 0 unspecified atom stereocenters. The van der Waals surface area contributed by atoms with Crippen LogP contribution in [0.15, 0.2) is 59.0 Å². The standard InChI is InChI=1S/C25H28ClN7O2S2/c26-19-4-1-3-18(15-19)25(5-11-34-12-6-25)17-29-23(36)32-22-30-20(33-9-13-35-14-10-33)16-21(31-22)37-24-27-7-2-8-28-24/h1-4,7-8,15-16H,5-6,9-14,17H2,(H2,29,30,31,32,36). The fourth-order valence-electron chi connectivity index (χ4n) is 4.45. The van der Waals surface area contributed by atoms with Gasteiger partial charge in [-0.1, -0.05) is 23.7 Å². The average molecular weight is 558 g/mol. The van der Waals surface area contributed by atoms with Crippen molar-refractivity contribution in [1.82, 2.24) is 25.3 Å². The fraction of sp³-hybridized carbons (Fsp3) is 0.400. The molecule has 0 radical (unpaired) electrons. The summed E-state index contributed by atoms with van der Waals surface area (Å²) < 4.78 is 11.2. The Balaban J connectivity index is 1.32. The number of benzene rings is 1. The number of hydrogen-bond donors (Lipinski definition) is 2. The van der Waals surface area contributed by atoms with Gasteiger partial charge < -0.3 is 25.0 Å². The van der Waals surface area contributed by atoms with E-state index >= 15 is 0 Å². The number of morpholine rings is 1. The first-order valence-electron chi connectivity index (χ1n) is 12.1. The van der Waals surface area contributed by atoms with E-state index in [-0.39, 0.29) is 5.41 Å².